The minimum absolute atomic E-state index is 0.146. The molecule has 1 amide bonds. The summed E-state index contributed by atoms with van der Waals surface area (Å²) in [4.78, 5) is 24.7. The van der Waals surface area contributed by atoms with Crippen LogP contribution in [0.4, 0.5) is 5.82 Å². The Balaban J connectivity index is 1.49. The summed E-state index contributed by atoms with van der Waals surface area (Å²) in [7, 11) is 0. The Kier molecular flexibility index (Phi) is 6.45. The Morgan fingerprint density at radius 1 is 1.00 bits per heavy atom. The summed E-state index contributed by atoms with van der Waals surface area (Å²) >= 11 is 0. The molecule has 2 aliphatic rings. The molecule has 1 atom stereocenters. The molecule has 4 rings (SSSR count). The lowest BCUT2D eigenvalue weighted by molar-refractivity contribution is 0.0724. The maximum absolute atomic E-state index is 13.2. The van der Waals surface area contributed by atoms with Crippen molar-refractivity contribution in [2.45, 2.75) is 45.2 Å². The summed E-state index contributed by atoms with van der Waals surface area (Å²) in [6, 6.07) is 15.0. The fraction of sp³-hybridized carbons (Fsp3) is 0.500. The fourth-order valence-electron chi connectivity index (χ4n) is 4.58. The van der Waals surface area contributed by atoms with Gasteiger partial charge in [0.25, 0.3) is 5.91 Å². The SMILES string of the molecule is CCC1CN(c2ncccc2C(=O)N2CCCCC2)CCN1Cc1ccccc1. The quantitative estimate of drug-likeness (QED) is 0.776. The van der Waals surface area contributed by atoms with E-state index in [4.69, 9.17) is 0 Å². The number of nitrogens with zero attached hydrogens (tertiary/aromatic N) is 4. The maximum Gasteiger partial charge on any atom is 0.257 e. The molecule has 154 valence electrons. The number of amides is 1. The molecule has 0 saturated carbocycles. The first kappa shape index (κ1) is 19.9. The molecule has 3 heterocycles. The van der Waals surface area contributed by atoms with Crippen molar-refractivity contribution in [1.82, 2.24) is 14.8 Å². The van der Waals surface area contributed by atoms with Crippen LogP contribution >= 0.6 is 0 Å². The normalized spacial score (nSPS) is 20.7. The number of likely N-dealkylation sites (tertiary alicyclic amines) is 1. The van der Waals surface area contributed by atoms with E-state index in [1.165, 1.54) is 12.0 Å². The number of carbonyl (C=O) groups excluding carboxylic acids is 1. The zero-order valence-electron chi connectivity index (χ0n) is 17.5. The lowest BCUT2D eigenvalue weighted by atomic mass is 10.1. The first-order valence-corrected chi connectivity index (χ1v) is 11.0. The van der Waals surface area contributed by atoms with Gasteiger partial charge in [0.05, 0.1) is 5.56 Å². The van der Waals surface area contributed by atoms with Gasteiger partial charge in [0.2, 0.25) is 0 Å². The number of pyridine rings is 1. The Labute approximate surface area is 174 Å². The molecule has 29 heavy (non-hydrogen) atoms. The molecule has 1 aromatic carbocycles. The number of piperazine rings is 1. The van der Waals surface area contributed by atoms with Crippen molar-refractivity contribution in [2.24, 2.45) is 0 Å². The van der Waals surface area contributed by atoms with Crippen LogP contribution < -0.4 is 4.90 Å². The van der Waals surface area contributed by atoms with Crippen molar-refractivity contribution < 1.29 is 4.79 Å². The molecule has 5 nitrogen and oxygen atoms in total. The van der Waals surface area contributed by atoms with Gasteiger partial charge in [0.1, 0.15) is 5.82 Å². The average molecular weight is 393 g/mol. The summed E-state index contributed by atoms with van der Waals surface area (Å²) in [5, 5.41) is 0. The summed E-state index contributed by atoms with van der Waals surface area (Å²) in [6.07, 6.45) is 6.35. The second-order valence-electron chi connectivity index (χ2n) is 8.19. The van der Waals surface area contributed by atoms with Gasteiger partial charge in [-0.3, -0.25) is 9.69 Å². The first-order valence-electron chi connectivity index (χ1n) is 11.0. The molecule has 0 radical (unpaired) electrons. The van der Waals surface area contributed by atoms with Crippen molar-refractivity contribution in [3.05, 3.63) is 59.8 Å². The van der Waals surface area contributed by atoms with Gasteiger partial charge in [-0.2, -0.15) is 0 Å². The van der Waals surface area contributed by atoms with Crippen LogP contribution in [0.3, 0.4) is 0 Å². The van der Waals surface area contributed by atoms with E-state index < -0.39 is 0 Å². The number of hydrogen-bond donors (Lipinski definition) is 0. The summed E-state index contributed by atoms with van der Waals surface area (Å²) in [5.41, 5.74) is 2.12. The van der Waals surface area contributed by atoms with E-state index in [0.717, 1.165) is 69.9 Å². The molecule has 2 saturated heterocycles. The second kappa shape index (κ2) is 9.40. The highest BCUT2D eigenvalue weighted by atomic mass is 16.2. The Morgan fingerprint density at radius 3 is 2.55 bits per heavy atom. The lowest BCUT2D eigenvalue weighted by Gasteiger charge is -2.42. The van der Waals surface area contributed by atoms with Crippen molar-refractivity contribution >= 4 is 11.7 Å². The zero-order valence-corrected chi connectivity index (χ0v) is 17.5. The predicted molar refractivity (Wildman–Crippen MR) is 117 cm³/mol. The molecule has 5 heteroatoms. The molecule has 0 bridgehead atoms. The fourth-order valence-corrected chi connectivity index (χ4v) is 4.58. The molecule has 2 aromatic rings. The second-order valence-corrected chi connectivity index (χ2v) is 8.19. The van der Waals surface area contributed by atoms with Crippen LogP contribution in [0.25, 0.3) is 0 Å². The van der Waals surface area contributed by atoms with Crippen molar-refractivity contribution in [1.29, 1.82) is 0 Å². The Hall–Kier alpha value is -2.40. The van der Waals surface area contributed by atoms with Gasteiger partial charge in [0.15, 0.2) is 0 Å². The third kappa shape index (κ3) is 4.61. The van der Waals surface area contributed by atoms with Crippen LogP contribution in [0.5, 0.6) is 0 Å². The van der Waals surface area contributed by atoms with Gasteiger partial charge in [-0.05, 0) is 43.4 Å². The molecule has 2 aliphatic heterocycles. The highest BCUT2D eigenvalue weighted by Crippen LogP contribution is 2.25. The van der Waals surface area contributed by atoms with Gasteiger partial charge >= 0.3 is 0 Å². The molecule has 1 unspecified atom stereocenters. The number of hydrogen-bond acceptors (Lipinski definition) is 4. The summed E-state index contributed by atoms with van der Waals surface area (Å²) < 4.78 is 0. The standard InChI is InChI=1S/C24H32N4O/c1-2-21-19-28(17-16-27(21)18-20-10-5-3-6-11-20)23-22(12-9-13-25-23)24(29)26-14-7-4-8-15-26/h3,5-6,9-13,21H,2,4,7-8,14-19H2,1H3. The van der Waals surface area contributed by atoms with Crippen LogP contribution in [0.2, 0.25) is 0 Å². The largest absolute Gasteiger partial charge is 0.353 e. The van der Waals surface area contributed by atoms with Crippen molar-refractivity contribution in [3.8, 4) is 0 Å². The zero-order chi connectivity index (χ0) is 20.1. The number of rotatable bonds is 5. The molecular weight excluding hydrogens is 360 g/mol. The van der Waals surface area contributed by atoms with Gasteiger partial charge in [-0.15, -0.1) is 0 Å². The van der Waals surface area contributed by atoms with E-state index in [9.17, 15) is 4.79 Å². The summed E-state index contributed by atoms with van der Waals surface area (Å²) in [6.45, 7) is 7.78. The van der Waals surface area contributed by atoms with Crippen LogP contribution in [-0.4, -0.2) is 59.5 Å². The topological polar surface area (TPSA) is 39.7 Å². The number of piperidine rings is 1. The van der Waals surface area contributed by atoms with E-state index in [1.54, 1.807) is 0 Å². The van der Waals surface area contributed by atoms with Crippen LogP contribution in [0, 0.1) is 0 Å². The molecule has 2 fully saturated rings. The van der Waals surface area contributed by atoms with Gasteiger partial charge in [-0.25, -0.2) is 4.98 Å². The molecule has 0 N–H and O–H groups in total. The van der Waals surface area contributed by atoms with E-state index in [-0.39, 0.29) is 5.91 Å². The monoisotopic (exact) mass is 392 g/mol. The molecule has 0 aliphatic carbocycles. The maximum atomic E-state index is 13.2. The van der Waals surface area contributed by atoms with E-state index in [0.29, 0.717) is 6.04 Å². The third-order valence-corrected chi connectivity index (χ3v) is 6.26. The Morgan fingerprint density at radius 2 is 1.79 bits per heavy atom. The number of benzene rings is 1. The first-order chi connectivity index (χ1) is 14.3. The van der Waals surface area contributed by atoms with E-state index in [2.05, 4.69) is 52.0 Å². The van der Waals surface area contributed by atoms with E-state index >= 15 is 0 Å². The highest BCUT2D eigenvalue weighted by molar-refractivity contribution is 5.99. The Bertz CT molecular complexity index is 804. The van der Waals surface area contributed by atoms with Crippen molar-refractivity contribution in [3.63, 3.8) is 0 Å². The number of anilines is 1. The molecular formula is C24H32N4O. The summed E-state index contributed by atoms with van der Waals surface area (Å²) in [5.74, 6) is 1.01. The molecule has 0 spiro atoms. The highest BCUT2D eigenvalue weighted by Gasteiger charge is 2.30. The molecule has 1 aromatic heterocycles. The van der Waals surface area contributed by atoms with Crippen LogP contribution in [0.15, 0.2) is 48.7 Å². The minimum Gasteiger partial charge on any atom is -0.353 e. The van der Waals surface area contributed by atoms with Crippen LogP contribution in [0.1, 0.15) is 48.5 Å². The van der Waals surface area contributed by atoms with Gasteiger partial charge in [0, 0.05) is 51.5 Å². The third-order valence-electron chi connectivity index (χ3n) is 6.26. The number of carbonyl (C=O) groups is 1. The minimum atomic E-state index is 0.146. The lowest BCUT2D eigenvalue weighted by Crippen LogP contribution is -2.53. The smallest absolute Gasteiger partial charge is 0.257 e. The van der Waals surface area contributed by atoms with Gasteiger partial charge in [-0.1, -0.05) is 37.3 Å². The van der Waals surface area contributed by atoms with E-state index in [1.807, 2.05) is 23.2 Å². The average Bonchev–Trinajstić information content (AvgIpc) is 2.80. The number of aromatic nitrogens is 1. The predicted octanol–water partition coefficient (Wildman–Crippen LogP) is 3.81. The van der Waals surface area contributed by atoms with Crippen LogP contribution in [-0.2, 0) is 6.54 Å². The van der Waals surface area contributed by atoms with Crippen molar-refractivity contribution in [2.75, 3.05) is 37.6 Å². The van der Waals surface area contributed by atoms with Gasteiger partial charge < -0.3 is 9.80 Å².